The number of hydrogen-bond donors (Lipinski definition) is 2. The van der Waals surface area contributed by atoms with Crippen molar-refractivity contribution in [3.05, 3.63) is 83.2 Å². The fraction of sp³-hybridized carbons (Fsp3) is 0.321. The maximum atomic E-state index is 13.1. The molecule has 0 bridgehead atoms. The molecule has 0 spiro atoms. The maximum Gasteiger partial charge on any atom is 0.320 e. The highest BCUT2D eigenvalue weighted by atomic mass is 16.5. The van der Waals surface area contributed by atoms with Crippen LogP contribution in [0.15, 0.2) is 60.9 Å². The maximum absolute atomic E-state index is 13.1. The Morgan fingerprint density at radius 1 is 1.17 bits per heavy atom. The zero-order valence-electron chi connectivity index (χ0n) is 21.0. The van der Waals surface area contributed by atoms with E-state index >= 15 is 0 Å². The second-order valence-electron chi connectivity index (χ2n) is 9.37. The van der Waals surface area contributed by atoms with Crippen molar-refractivity contribution in [1.82, 2.24) is 24.9 Å². The molecule has 0 radical (unpaired) electrons. The molecule has 4 aromatic rings. The molecule has 8 nitrogen and oxygen atoms in total. The number of benzene rings is 2. The quantitative estimate of drug-likeness (QED) is 0.355. The van der Waals surface area contributed by atoms with E-state index in [9.17, 15) is 4.79 Å². The number of rotatable bonds is 8. The van der Waals surface area contributed by atoms with Crippen LogP contribution in [0.2, 0.25) is 0 Å². The molecule has 0 aliphatic heterocycles. The zero-order valence-corrected chi connectivity index (χ0v) is 21.0. The number of carbonyl (C=O) groups is 1. The number of para-hydroxylation sites is 1. The standard InChI is InChI=1S/C28H32N6O2/c1-19-26(23-16-30-33(2)17-23)32-34(24-10-5-4-6-11-24)27(19)31-28(35)29-15-22-14-20(18-36-3)12-13-25(22)21-8-7-9-21/h4-6,10-14,16-17,21H,7-9,15,18H2,1-3H3,(H2,29,31,35). The van der Waals surface area contributed by atoms with Gasteiger partial charge in [0.25, 0.3) is 0 Å². The van der Waals surface area contributed by atoms with E-state index in [0.29, 0.717) is 24.9 Å². The molecule has 0 unspecified atom stereocenters. The molecule has 0 saturated heterocycles. The summed E-state index contributed by atoms with van der Waals surface area (Å²) >= 11 is 0. The van der Waals surface area contributed by atoms with Crippen molar-refractivity contribution in [1.29, 1.82) is 0 Å². The predicted octanol–water partition coefficient (Wildman–Crippen LogP) is 5.32. The normalized spacial score (nSPS) is 13.4. The first-order chi connectivity index (χ1) is 17.5. The molecule has 186 valence electrons. The number of anilines is 1. The molecule has 1 aliphatic carbocycles. The summed E-state index contributed by atoms with van der Waals surface area (Å²) in [6, 6.07) is 16.0. The average Bonchev–Trinajstić information content (AvgIpc) is 3.42. The Morgan fingerprint density at radius 2 is 1.97 bits per heavy atom. The second-order valence-corrected chi connectivity index (χ2v) is 9.37. The van der Waals surface area contributed by atoms with E-state index in [1.807, 2.05) is 50.5 Å². The highest BCUT2D eigenvalue weighted by Gasteiger charge is 2.23. The molecular weight excluding hydrogens is 452 g/mol. The third kappa shape index (κ3) is 4.90. The molecule has 2 amide bonds. The monoisotopic (exact) mass is 484 g/mol. The molecule has 2 aromatic carbocycles. The molecular formula is C28H32N6O2. The van der Waals surface area contributed by atoms with Gasteiger partial charge in [-0.1, -0.05) is 42.8 Å². The first-order valence-corrected chi connectivity index (χ1v) is 12.3. The Kier molecular flexibility index (Phi) is 6.86. The summed E-state index contributed by atoms with van der Waals surface area (Å²) in [5.74, 6) is 1.20. The SMILES string of the molecule is COCc1ccc(C2CCC2)c(CNC(=O)Nc2c(C)c(-c3cnn(C)c3)nn2-c2ccccc2)c1. The van der Waals surface area contributed by atoms with Crippen LogP contribution in [-0.4, -0.2) is 32.7 Å². The summed E-state index contributed by atoms with van der Waals surface area (Å²) in [5, 5.41) is 15.2. The molecule has 5 rings (SSSR count). The minimum absolute atomic E-state index is 0.273. The number of ether oxygens (including phenoxy) is 1. The van der Waals surface area contributed by atoms with E-state index in [1.54, 1.807) is 22.7 Å². The Balaban J connectivity index is 1.39. The molecule has 2 aromatic heterocycles. The molecule has 36 heavy (non-hydrogen) atoms. The summed E-state index contributed by atoms with van der Waals surface area (Å²) in [5.41, 5.74) is 7.00. The Bertz CT molecular complexity index is 1350. The van der Waals surface area contributed by atoms with Crippen LogP contribution in [0.25, 0.3) is 16.9 Å². The van der Waals surface area contributed by atoms with Gasteiger partial charge in [-0.2, -0.15) is 10.2 Å². The Morgan fingerprint density at radius 3 is 2.64 bits per heavy atom. The van der Waals surface area contributed by atoms with E-state index in [0.717, 1.165) is 33.6 Å². The third-order valence-electron chi connectivity index (χ3n) is 6.84. The van der Waals surface area contributed by atoms with Crippen molar-refractivity contribution in [2.45, 2.75) is 45.3 Å². The summed E-state index contributed by atoms with van der Waals surface area (Å²) in [6.07, 6.45) is 7.37. The van der Waals surface area contributed by atoms with Gasteiger partial charge in [0.15, 0.2) is 0 Å². The molecule has 1 fully saturated rings. The zero-order chi connectivity index (χ0) is 25.1. The van der Waals surface area contributed by atoms with Crippen molar-refractivity contribution in [2.24, 2.45) is 7.05 Å². The lowest BCUT2D eigenvalue weighted by Crippen LogP contribution is -2.30. The van der Waals surface area contributed by atoms with Crippen LogP contribution in [0, 0.1) is 6.92 Å². The predicted molar refractivity (Wildman–Crippen MR) is 140 cm³/mol. The van der Waals surface area contributed by atoms with Gasteiger partial charge in [-0.05, 0) is 54.5 Å². The number of nitrogens with one attached hydrogen (secondary N) is 2. The van der Waals surface area contributed by atoms with Crippen LogP contribution in [0.4, 0.5) is 10.6 Å². The summed E-state index contributed by atoms with van der Waals surface area (Å²) in [7, 11) is 3.57. The van der Waals surface area contributed by atoms with Gasteiger partial charge in [0.1, 0.15) is 11.5 Å². The fourth-order valence-corrected chi connectivity index (χ4v) is 4.73. The first kappa shape index (κ1) is 23.8. The van der Waals surface area contributed by atoms with Crippen LogP contribution in [0.1, 0.15) is 47.4 Å². The summed E-state index contributed by atoms with van der Waals surface area (Å²) in [6.45, 7) is 2.97. The van der Waals surface area contributed by atoms with Crippen LogP contribution >= 0.6 is 0 Å². The molecule has 1 saturated carbocycles. The Hall–Kier alpha value is -3.91. The molecule has 2 N–H and O–H groups in total. The third-order valence-corrected chi connectivity index (χ3v) is 6.84. The van der Waals surface area contributed by atoms with Crippen molar-refractivity contribution >= 4 is 11.8 Å². The number of nitrogens with zero attached hydrogens (tertiary/aromatic N) is 4. The van der Waals surface area contributed by atoms with E-state index < -0.39 is 0 Å². The van der Waals surface area contributed by atoms with Crippen molar-refractivity contribution < 1.29 is 9.53 Å². The van der Waals surface area contributed by atoms with Crippen LogP contribution in [-0.2, 0) is 24.9 Å². The molecule has 2 heterocycles. The largest absolute Gasteiger partial charge is 0.380 e. The van der Waals surface area contributed by atoms with Crippen LogP contribution in [0.5, 0.6) is 0 Å². The lowest BCUT2D eigenvalue weighted by atomic mass is 9.78. The van der Waals surface area contributed by atoms with E-state index in [2.05, 4.69) is 33.9 Å². The number of urea groups is 1. The lowest BCUT2D eigenvalue weighted by Gasteiger charge is -2.28. The Labute approximate surface area is 211 Å². The number of amides is 2. The van der Waals surface area contributed by atoms with E-state index in [1.165, 1.54) is 24.8 Å². The number of aryl methyl sites for hydroxylation is 1. The van der Waals surface area contributed by atoms with Crippen molar-refractivity contribution in [3.8, 4) is 16.9 Å². The van der Waals surface area contributed by atoms with Crippen molar-refractivity contribution in [2.75, 3.05) is 12.4 Å². The average molecular weight is 485 g/mol. The van der Waals surface area contributed by atoms with Gasteiger partial charge >= 0.3 is 6.03 Å². The van der Waals surface area contributed by atoms with Gasteiger partial charge in [-0.3, -0.25) is 10.00 Å². The highest BCUT2D eigenvalue weighted by molar-refractivity contribution is 5.90. The summed E-state index contributed by atoms with van der Waals surface area (Å²) in [4.78, 5) is 13.1. The minimum atomic E-state index is -0.273. The van der Waals surface area contributed by atoms with Gasteiger partial charge < -0.3 is 10.1 Å². The number of aromatic nitrogens is 4. The van der Waals surface area contributed by atoms with Crippen LogP contribution < -0.4 is 10.6 Å². The van der Waals surface area contributed by atoms with E-state index in [-0.39, 0.29) is 6.03 Å². The fourth-order valence-electron chi connectivity index (χ4n) is 4.73. The molecule has 1 aliphatic rings. The van der Waals surface area contributed by atoms with E-state index in [4.69, 9.17) is 9.84 Å². The van der Waals surface area contributed by atoms with Gasteiger partial charge in [0, 0.05) is 38.0 Å². The van der Waals surface area contributed by atoms with Gasteiger partial charge in [0.05, 0.1) is 18.5 Å². The van der Waals surface area contributed by atoms with Crippen molar-refractivity contribution in [3.63, 3.8) is 0 Å². The highest BCUT2D eigenvalue weighted by Crippen LogP contribution is 2.38. The minimum Gasteiger partial charge on any atom is -0.380 e. The van der Waals surface area contributed by atoms with Crippen LogP contribution in [0.3, 0.4) is 0 Å². The number of hydrogen-bond acceptors (Lipinski definition) is 4. The number of carbonyl (C=O) groups excluding carboxylic acids is 1. The smallest absolute Gasteiger partial charge is 0.320 e. The topological polar surface area (TPSA) is 86.0 Å². The summed E-state index contributed by atoms with van der Waals surface area (Å²) < 4.78 is 8.84. The van der Waals surface area contributed by atoms with Gasteiger partial charge in [-0.15, -0.1) is 0 Å². The lowest BCUT2D eigenvalue weighted by molar-refractivity contribution is 0.185. The van der Waals surface area contributed by atoms with Gasteiger partial charge in [-0.25, -0.2) is 9.48 Å². The second kappa shape index (κ2) is 10.4. The molecule has 0 atom stereocenters. The number of methoxy groups -OCH3 is 1. The molecule has 8 heteroatoms. The van der Waals surface area contributed by atoms with Gasteiger partial charge in [0.2, 0.25) is 0 Å². The first-order valence-electron chi connectivity index (χ1n) is 12.3.